The molecule has 0 saturated heterocycles. The number of carboxylic acids is 1. The first-order chi connectivity index (χ1) is 9.03. The molecule has 4 N–H and O–H groups in total. The molecule has 8 nitrogen and oxygen atoms in total. The Morgan fingerprint density at radius 1 is 1.30 bits per heavy atom. The van der Waals surface area contributed by atoms with Crippen LogP contribution in [0.3, 0.4) is 0 Å². The van der Waals surface area contributed by atoms with Gasteiger partial charge in [-0.25, -0.2) is 22.0 Å². The minimum Gasteiger partial charge on any atom is -0.481 e. The number of hydrogen-bond donors (Lipinski definition) is 3. The van der Waals surface area contributed by atoms with Crippen LogP contribution in [-0.2, 0) is 24.8 Å². The van der Waals surface area contributed by atoms with Crippen LogP contribution in [-0.4, -0.2) is 33.7 Å². The zero-order valence-corrected chi connectivity index (χ0v) is 12.2. The van der Waals surface area contributed by atoms with Crippen LogP contribution in [0.1, 0.15) is 12.0 Å². The van der Waals surface area contributed by atoms with Crippen molar-refractivity contribution in [3.05, 3.63) is 23.8 Å². The number of sulfonamides is 2. The number of primary sulfonamides is 1. The van der Waals surface area contributed by atoms with Crippen LogP contribution in [0.5, 0.6) is 0 Å². The fourth-order valence-electron chi connectivity index (χ4n) is 1.47. The normalized spacial score (nSPS) is 12.1. The van der Waals surface area contributed by atoms with Crippen LogP contribution >= 0.6 is 0 Å². The van der Waals surface area contributed by atoms with E-state index < -0.39 is 38.2 Å². The zero-order chi connectivity index (χ0) is 15.6. The van der Waals surface area contributed by atoms with Crippen molar-refractivity contribution in [1.29, 1.82) is 0 Å². The first kappa shape index (κ1) is 16.4. The standard InChI is InChI=1S/C10H14N2O6S2/c1-7-8(3-2-4-9(7)20(11,17)18)12-19(15,16)6-5-10(13)14/h2-4,12H,5-6H2,1H3,(H,13,14)(H2,11,17,18). The molecule has 0 unspecified atom stereocenters. The molecule has 112 valence electrons. The molecule has 0 radical (unpaired) electrons. The summed E-state index contributed by atoms with van der Waals surface area (Å²) in [5.41, 5.74) is 0.191. The van der Waals surface area contributed by atoms with E-state index >= 15 is 0 Å². The molecule has 0 spiro atoms. The number of nitrogens with two attached hydrogens (primary N) is 1. The van der Waals surface area contributed by atoms with E-state index in [-0.39, 0.29) is 16.1 Å². The van der Waals surface area contributed by atoms with E-state index in [1.807, 2.05) is 0 Å². The Bertz CT molecular complexity index is 724. The number of carbonyl (C=O) groups is 1. The minimum absolute atomic E-state index is 0.0434. The Morgan fingerprint density at radius 2 is 1.90 bits per heavy atom. The highest BCUT2D eigenvalue weighted by Crippen LogP contribution is 2.23. The summed E-state index contributed by atoms with van der Waals surface area (Å²) in [6, 6.07) is 3.95. The maximum Gasteiger partial charge on any atom is 0.304 e. The van der Waals surface area contributed by atoms with Gasteiger partial charge in [0.15, 0.2) is 0 Å². The van der Waals surface area contributed by atoms with Crippen LogP contribution in [0.25, 0.3) is 0 Å². The highest BCUT2D eigenvalue weighted by atomic mass is 32.2. The molecule has 0 aliphatic carbocycles. The van der Waals surface area contributed by atoms with Crippen LogP contribution in [0.15, 0.2) is 23.1 Å². The van der Waals surface area contributed by atoms with Gasteiger partial charge in [-0.15, -0.1) is 0 Å². The van der Waals surface area contributed by atoms with Gasteiger partial charge in [-0.2, -0.15) is 0 Å². The molecule has 0 saturated carbocycles. The molecule has 0 atom stereocenters. The highest BCUT2D eigenvalue weighted by Gasteiger charge is 2.18. The van der Waals surface area contributed by atoms with Crippen molar-refractivity contribution in [2.75, 3.05) is 10.5 Å². The lowest BCUT2D eigenvalue weighted by Crippen LogP contribution is -2.20. The third-order valence-corrected chi connectivity index (χ3v) is 4.77. The van der Waals surface area contributed by atoms with Crippen molar-refractivity contribution in [2.24, 2.45) is 5.14 Å². The van der Waals surface area contributed by atoms with Gasteiger partial charge >= 0.3 is 5.97 Å². The van der Waals surface area contributed by atoms with Crippen molar-refractivity contribution in [3.8, 4) is 0 Å². The number of nitrogens with one attached hydrogen (secondary N) is 1. The van der Waals surface area contributed by atoms with Gasteiger partial charge in [0.05, 0.1) is 22.8 Å². The van der Waals surface area contributed by atoms with E-state index in [1.54, 1.807) is 0 Å². The maximum absolute atomic E-state index is 11.7. The molecule has 1 aromatic carbocycles. The van der Waals surface area contributed by atoms with Crippen molar-refractivity contribution in [2.45, 2.75) is 18.2 Å². The van der Waals surface area contributed by atoms with E-state index in [0.717, 1.165) is 0 Å². The third kappa shape index (κ3) is 4.47. The average Bonchev–Trinajstić information content (AvgIpc) is 2.28. The topological polar surface area (TPSA) is 144 Å². The summed E-state index contributed by atoms with van der Waals surface area (Å²) in [6.07, 6.45) is -0.552. The largest absolute Gasteiger partial charge is 0.481 e. The summed E-state index contributed by atoms with van der Waals surface area (Å²) in [6.45, 7) is 1.40. The second kappa shape index (κ2) is 5.77. The van der Waals surface area contributed by atoms with Gasteiger partial charge in [0.1, 0.15) is 0 Å². The van der Waals surface area contributed by atoms with Gasteiger partial charge < -0.3 is 5.11 Å². The molecule has 20 heavy (non-hydrogen) atoms. The van der Waals surface area contributed by atoms with Gasteiger partial charge in [0.25, 0.3) is 0 Å². The van der Waals surface area contributed by atoms with Crippen molar-refractivity contribution in [1.82, 2.24) is 0 Å². The second-order valence-electron chi connectivity index (χ2n) is 4.04. The summed E-state index contributed by atoms with van der Waals surface area (Å²) < 4.78 is 48.1. The predicted molar refractivity (Wildman–Crippen MR) is 72.2 cm³/mol. The Kier molecular flexibility index (Phi) is 4.73. The average molecular weight is 322 g/mol. The number of hydrogen-bond acceptors (Lipinski definition) is 5. The molecule has 10 heteroatoms. The lowest BCUT2D eigenvalue weighted by molar-refractivity contribution is -0.136. The second-order valence-corrected chi connectivity index (χ2v) is 7.41. The monoisotopic (exact) mass is 322 g/mol. The van der Waals surface area contributed by atoms with Crippen LogP contribution < -0.4 is 9.86 Å². The number of rotatable bonds is 6. The third-order valence-electron chi connectivity index (χ3n) is 2.44. The molecule has 1 aromatic rings. The fraction of sp³-hybridized carbons (Fsp3) is 0.300. The summed E-state index contributed by atoms with van der Waals surface area (Å²) in [7, 11) is -7.85. The first-order valence-electron chi connectivity index (χ1n) is 5.37. The van der Waals surface area contributed by atoms with E-state index in [2.05, 4.69) is 4.72 Å². The predicted octanol–water partition coefficient (Wildman–Crippen LogP) is -0.141. The maximum atomic E-state index is 11.7. The van der Waals surface area contributed by atoms with E-state index in [4.69, 9.17) is 10.2 Å². The Balaban J connectivity index is 3.08. The summed E-state index contributed by atoms with van der Waals surface area (Å²) >= 11 is 0. The molecular weight excluding hydrogens is 308 g/mol. The number of carboxylic acid groups (broad SMARTS) is 1. The van der Waals surface area contributed by atoms with Gasteiger partial charge in [0.2, 0.25) is 20.0 Å². The molecule has 0 heterocycles. The van der Waals surface area contributed by atoms with Crippen molar-refractivity contribution >= 4 is 31.7 Å². The fourth-order valence-corrected chi connectivity index (χ4v) is 3.38. The highest BCUT2D eigenvalue weighted by molar-refractivity contribution is 7.92. The van der Waals surface area contributed by atoms with Crippen LogP contribution in [0.2, 0.25) is 0 Å². The smallest absolute Gasteiger partial charge is 0.304 e. The SMILES string of the molecule is Cc1c(NS(=O)(=O)CCC(=O)O)cccc1S(N)(=O)=O. The molecule has 0 bridgehead atoms. The molecule has 0 aromatic heterocycles. The number of aliphatic carboxylic acids is 1. The summed E-state index contributed by atoms with van der Waals surface area (Å²) in [5, 5.41) is 13.5. The Labute approximate surface area is 116 Å². The molecule has 0 aliphatic rings. The van der Waals surface area contributed by atoms with E-state index in [1.165, 1.54) is 25.1 Å². The van der Waals surface area contributed by atoms with E-state index in [0.29, 0.717) is 0 Å². The van der Waals surface area contributed by atoms with Gasteiger partial charge in [0, 0.05) is 0 Å². The lowest BCUT2D eigenvalue weighted by Gasteiger charge is -2.12. The van der Waals surface area contributed by atoms with Gasteiger partial charge in [-0.05, 0) is 24.6 Å². The van der Waals surface area contributed by atoms with Gasteiger partial charge in [-0.1, -0.05) is 6.07 Å². The molecule has 0 fully saturated rings. The number of anilines is 1. The summed E-state index contributed by atoms with van der Waals surface area (Å²) in [4.78, 5) is 10.2. The van der Waals surface area contributed by atoms with Crippen molar-refractivity contribution in [3.63, 3.8) is 0 Å². The minimum atomic E-state index is -3.97. The van der Waals surface area contributed by atoms with Gasteiger partial charge in [-0.3, -0.25) is 9.52 Å². The van der Waals surface area contributed by atoms with Crippen LogP contribution in [0, 0.1) is 6.92 Å². The molecule has 0 amide bonds. The molecule has 0 aliphatic heterocycles. The van der Waals surface area contributed by atoms with E-state index in [9.17, 15) is 21.6 Å². The zero-order valence-electron chi connectivity index (χ0n) is 10.5. The summed E-state index contributed by atoms with van der Waals surface area (Å²) in [5.74, 6) is -1.85. The van der Waals surface area contributed by atoms with Crippen LogP contribution in [0.4, 0.5) is 5.69 Å². The van der Waals surface area contributed by atoms with Crippen molar-refractivity contribution < 1.29 is 26.7 Å². The number of benzene rings is 1. The molecular formula is C10H14N2O6S2. The Morgan fingerprint density at radius 3 is 2.40 bits per heavy atom. The Hall–Kier alpha value is -1.65. The molecule has 1 rings (SSSR count). The lowest BCUT2D eigenvalue weighted by atomic mass is 10.2. The first-order valence-corrected chi connectivity index (χ1v) is 8.57. The quantitative estimate of drug-likeness (QED) is 0.665.